The van der Waals surface area contributed by atoms with Gasteiger partial charge < -0.3 is 29.0 Å². The van der Waals surface area contributed by atoms with Gasteiger partial charge in [0.1, 0.15) is 23.0 Å². The number of nitrogens with one attached hydrogen (secondary N) is 1. The van der Waals surface area contributed by atoms with E-state index in [0.717, 1.165) is 11.3 Å². The Labute approximate surface area is 254 Å². The van der Waals surface area contributed by atoms with Gasteiger partial charge in [0.05, 0.1) is 24.3 Å². The van der Waals surface area contributed by atoms with Crippen molar-refractivity contribution in [2.45, 2.75) is 0 Å². The molecule has 216 valence electrons. The van der Waals surface area contributed by atoms with Crippen LogP contribution in [-0.4, -0.2) is 57.1 Å². The zero-order valence-electron chi connectivity index (χ0n) is 23.1. The van der Waals surface area contributed by atoms with Crippen molar-refractivity contribution in [3.05, 3.63) is 100 Å². The number of ether oxygens (including phenoxy) is 2. The molecule has 10 heteroatoms. The molecule has 3 aromatic carbocycles. The smallest absolute Gasteiger partial charge is 0.254 e. The van der Waals surface area contributed by atoms with Gasteiger partial charge in [0.15, 0.2) is 0 Å². The SMILES string of the molecule is COc1cc(OC)cc(C(=O)N2CCN(c3ccc(NC(=O)/C=C/c4ccc(-c5ccc(Cl)c(Cl)c5)o4)cc3)CC2)c1. The van der Waals surface area contributed by atoms with Crippen LogP contribution < -0.4 is 19.7 Å². The largest absolute Gasteiger partial charge is 0.497 e. The van der Waals surface area contributed by atoms with E-state index in [1.54, 1.807) is 56.7 Å². The summed E-state index contributed by atoms with van der Waals surface area (Å²) in [6.07, 6.45) is 3.02. The predicted molar refractivity (Wildman–Crippen MR) is 166 cm³/mol. The third-order valence-electron chi connectivity index (χ3n) is 6.90. The molecule has 0 bridgehead atoms. The minimum Gasteiger partial charge on any atom is -0.497 e. The standard InChI is InChI=1S/C32H29Cl2N3O5/c1-40-26-17-22(18-27(20-26)41-2)32(39)37-15-13-36(14-16-37)24-6-4-23(5-7-24)35-31(38)12-9-25-8-11-30(42-25)21-3-10-28(33)29(34)19-21/h3-12,17-20H,13-16H2,1-2H3,(H,35,38)/b12-9+. The number of carbonyl (C=O) groups excluding carboxylic acids is 2. The highest BCUT2D eigenvalue weighted by Crippen LogP contribution is 2.30. The fourth-order valence-corrected chi connectivity index (χ4v) is 4.92. The number of hydrogen-bond donors (Lipinski definition) is 1. The van der Waals surface area contributed by atoms with Crippen molar-refractivity contribution in [3.8, 4) is 22.8 Å². The van der Waals surface area contributed by atoms with Crippen molar-refractivity contribution in [1.82, 2.24) is 4.90 Å². The molecule has 0 saturated carbocycles. The number of furan rings is 1. The second-order valence-corrected chi connectivity index (χ2v) is 10.4. The number of nitrogens with zero attached hydrogens (tertiary/aromatic N) is 2. The van der Waals surface area contributed by atoms with Crippen LogP contribution in [0.3, 0.4) is 0 Å². The fraction of sp³-hybridized carbons (Fsp3) is 0.188. The van der Waals surface area contributed by atoms with E-state index >= 15 is 0 Å². The quantitative estimate of drug-likeness (QED) is 0.220. The summed E-state index contributed by atoms with van der Waals surface area (Å²) in [5, 5.41) is 3.77. The Morgan fingerprint density at radius 2 is 1.52 bits per heavy atom. The molecule has 1 aromatic heterocycles. The Morgan fingerprint density at radius 3 is 2.17 bits per heavy atom. The minimum absolute atomic E-state index is 0.0573. The molecule has 1 fully saturated rings. The summed E-state index contributed by atoms with van der Waals surface area (Å²) in [7, 11) is 3.12. The first-order chi connectivity index (χ1) is 20.3. The van der Waals surface area contributed by atoms with Gasteiger partial charge in [-0.2, -0.15) is 0 Å². The lowest BCUT2D eigenvalue weighted by Gasteiger charge is -2.36. The number of benzene rings is 3. The second kappa shape index (κ2) is 13.1. The van der Waals surface area contributed by atoms with Crippen LogP contribution in [0.25, 0.3) is 17.4 Å². The molecule has 2 heterocycles. The number of anilines is 2. The van der Waals surface area contributed by atoms with Gasteiger partial charge in [-0.25, -0.2) is 0 Å². The highest BCUT2D eigenvalue weighted by atomic mass is 35.5. The number of halogens is 2. The van der Waals surface area contributed by atoms with Crippen molar-refractivity contribution < 1.29 is 23.5 Å². The van der Waals surface area contributed by atoms with Crippen LogP contribution in [-0.2, 0) is 4.79 Å². The monoisotopic (exact) mass is 605 g/mol. The lowest BCUT2D eigenvalue weighted by atomic mass is 10.1. The summed E-state index contributed by atoms with van der Waals surface area (Å²) in [5.41, 5.74) is 3.01. The first-order valence-electron chi connectivity index (χ1n) is 13.2. The Bertz CT molecular complexity index is 1590. The lowest BCUT2D eigenvalue weighted by molar-refractivity contribution is -0.111. The summed E-state index contributed by atoms with van der Waals surface area (Å²) >= 11 is 12.1. The normalized spacial score (nSPS) is 13.3. The highest BCUT2D eigenvalue weighted by Gasteiger charge is 2.23. The second-order valence-electron chi connectivity index (χ2n) is 9.58. The average molecular weight is 607 g/mol. The Hall–Kier alpha value is -4.40. The molecule has 2 amide bonds. The van der Waals surface area contributed by atoms with Crippen molar-refractivity contribution in [1.29, 1.82) is 0 Å². The summed E-state index contributed by atoms with van der Waals surface area (Å²) in [5.74, 6) is 1.97. The third kappa shape index (κ3) is 6.90. The zero-order valence-corrected chi connectivity index (χ0v) is 24.6. The number of carbonyl (C=O) groups is 2. The van der Waals surface area contributed by atoms with E-state index in [-0.39, 0.29) is 11.8 Å². The van der Waals surface area contributed by atoms with Gasteiger partial charge in [0.2, 0.25) is 5.91 Å². The predicted octanol–water partition coefficient (Wildman–Crippen LogP) is 6.88. The molecule has 4 aromatic rings. The molecule has 5 rings (SSSR count). The van der Waals surface area contributed by atoms with Crippen LogP contribution >= 0.6 is 23.2 Å². The molecule has 0 atom stereocenters. The van der Waals surface area contributed by atoms with Gasteiger partial charge in [-0.15, -0.1) is 0 Å². The van der Waals surface area contributed by atoms with Crippen LogP contribution in [0.5, 0.6) is 11.5 Å². The average Bonchev–Trinajstić information content (AvgIpc) is 3.50. The van der Waals surface area contributed by atoms with Crippen LogP contribution in [0.2, 0.25) is 10.0 Å². The minimum atomic E-state index is -0.281. The van der Waals surface area contributed by atoms with Gasteiger partial charge >= 0.3 is 0 Å². The molecule has 42 heavy (non-hydrogen) atoms. The van der Waals surface area contributed by atoms with E-state index < -0.39 is 0 Å². The summed E-state index contributed by atoms with van der Waals surface area (Å²) < 4.78 is 16.4. The van der Waals surface area contributed by atoms with Crippen molar-refractivity contribution in [3.63, 3.8) is 0 Å². The summed E-state index contributed by atoms with van der Waals surface area (Å²) in [6.45, 7) is 2.55. The first kappa shape index (κ1) is 29.1. The molecule has 0 aliphatic carbocycles. The van der Waals surface area contributed by atoms with Gasteiger partial charge in [0.25, 0.3) is 5.91 Å². The molecule has 1 aliphatic rings. The van der Waals surface area contributed by atoms with E-state index in [1.807, 2.05) is 41.3 Å². The van der Waals surface area contributed by atoms with E-state index in [2.05, 4.69) is 10.2 Å². The molecular weight excluding hydrogens is 577 g/mol. The number of rotatable bonds is 8. The van der Waals surface area contributed by atoms with Crippen molar-refractivity contribution in [2.24, 2.45) is 0 Å². The molecule has 1 saturated heterocycles. The maximum atomic E-state index is 13.1. The number of methoxy groups -OCH3 is 2. The number of hydrogen-bond acceptors (Lipinski definition) is 6. The van der Waals surface area contributed by atoms with E-state index in [0.29, 0.717) is 70.5 Å². The van der Waals surface area contributed by atoms with Crippen LogP contribution in [0.4, 0.5) is 11.4 Å². The highest BCUT2D eigenvalue weighted by molar-refractivity contribution is 6.42. The van der Waals surface area contributed by atoms with Crippen molar-refractivity contribution >= 4 is 52.5 Å². The van der Waals surface area contributed by atoms with Gasteiger partial charge in [0, 0.05) is 60.8 Å². The van der Waals surface area contributed by atoms with Crippen LogP contribution in [0, 0.1) is 0 Å². The van der Waals surface area contributed by atoms with E-state index in [9.17, 15) is 9.59 Å². The van der Waals surface area contributed by atoms with Gasteiger partial charge in [-0.1, -0.05) is 23.2 Å². The zero-order chi connectivity index (χ0) is 29.6. The molecule has 8 nitrogen and oxygen atoms in total. The van der Waals surface area contributed by atoms with Gasteiger partial charge in [-0.05, 0) is 72.8 Å². The van der Waals surface area contributed by atoms with Crippen LogP contribution in [0.15, 0.2) is 83.3 Å². The molecular formula is C32H29Cl2N3O5. The molecule has 0 radical (unpaired) electrons. The van der Waals surface area contributed by atoms with E-state index in [4.69, 9.17) is 37.1 Å². The summed E-state index contributed by atoms with van der Waals surface area (Å²) in [6, 6.07) is 21.7. The maximum Gasteiger partial charge on any atom is 0.254 e. The number of amides is 2. The van der Waals surface area contributed by atoms with E-state index in [1.165, 1.54) is 6.08 Å². The molecule has 0 spiro atoms. The Kier molecular flexibility index (Phi) is 9.05. The lowest BCUT2D eigenvalue weighted by Crippen LogP contribution is -2.48. The first-order valence-corrected chi connectivity index (χ1v) is 14.0. The maximum absolute atomic E-state index is 13.1. The topological polar surface area (TPSA) is 84.3 Å². The fourth-order valence-electron chi connectivity index (χ4n) is 4.63. The Balaban J connectivity index is 1.13. The molecule has 0 unspecified atom stereocenters. The van der Waals surface area contributed by atoms with Crippen molar-refractivity contribution in [2.75, 3.05) is 50.6 Å². The Morgan fingerprint density at radius 1 is 0.833 bits per heavy atom. The third-order valence-corrected chi connectivity index (χ3v) is 7.63. The van der Waals surface area contributed by atoms with Crippen LogP contribution in [0.1, 0.15) is 16.1 Å². The van der Waals surface area contributed by atoms with Gasteiger partial charge in [-0.3, -0.25) is 9.59 Å². The molecule has 1 aliphatic heterocycles. The molecule has 1 N–H and O–H groups in total. The summed E-state index contributed by atoms with van der Waals surface area (Å²) in [4.78, 5) is 29.6. The number of piperazine rings is 1.